The van der Waals surface area contributed by atoms with Crippen molar-refractivity contribution in [3.05, 3.63) is 53.1 Å². The predicted molar refractivity (Wildman–Crippen MR) is 83.9 cm³/mol. The first-order valence-electron chi connectivity index (χ1n) is 7.37. The lowest BCUT2D eigenvalue weighted by atomic mass is 9.97. The minimum absolute atomic E-state index is 0.289. The molecule has 0 amide bonds. The smallest absolute Gasteiger partial charge is 0.0947 e. The van der Waals surface area contributed by atoms with E-state index in [9.17, 15) is 0 Å². The molecule has 1 atom stereocenters. The zero-order valence-electron chi connectivity index (χ0n) is 13.0. The van der Waals surface area contributed by atoms with Crippen molar-refractivity contribution in [2.75, 3.05) is 6.54 Å². The SMILES string of the molecule is CCCNC(Cc1cc(C)ccc1C)c1cn(C)cn1. The first kappa shape index (κ1) is 14.8. The van der Waals surface area contributed by atoms with Crippen LogP contribution >= 0.6 is 0 Å². The Morgan fingerprint density at radius 1 is 1.30 bits per heavy atom. The molecule has 0 aliphatic rings. The van der Waals surface area contributed by atoms with Crippen molar-refractivity contribution in [1.29, 1.82) is 0 Å². The molecule has 0 aliphatic heterocycles. The first-order valence-corrected chi connectivity index (χ1v) is 7.37. The van der Waals surface area contributed by atoms with Gasteiger partial charge in [0.15, 0.2) is 0 Å². The van der Waals surface area contributed by atoms with Crippen LogP contribution < -0.4 is 5.32 Å². The van der Waals surface area contributed by atoms with E-state index in [4.69, 9.17) is 0 Å². The summed E-state index contributed by atoms with van der Waals surface area (Å²) in [5, 5.41) is 3.62. The highest BCUT2D eigenvalue weighted by atomic mass is 15.0. The highest BCUT2D eigenvalue weighted by Gasteiger charge is 2.15. The third kappa shape index (κ3) is 3.70. The van der Waals surface area contributed by atoms with E-state index in [-0.39, 0.29) is 6.04 Å². The predicted octanol–water partition coefficient (Wildman–Crippen LogP) is 3.32. The van der Waals surface area contributed by atoms with Gasteiger partial charge >= 0.3 is 0 Å². The summed E-state index contributed by atoms with van der Waals surface area (Å²) in [6, 6.07) is 6.96. The summed E-state index contributed by atoms with van der Waals surface area (Å²) in [4.78, 5) is 4.52. The van der Waals surface area contributed by atoms with Crippen LogP contribution in [0, 0.1) is 13.8 Å². The molecule has 0 spiro atoms. The van der Waals surface area contributed by atoms with Crippen LogP contribution in [0.4, 0.5) is 0 Å². The molecule has 0 saturated carbocycles. The highest BCUT2D eigenvalue weighted by Crippen LogP contribution is 2.20. The molecule has 0 saturated heterocycles. The number of nitrogens with zero attached hydrogens (tertiary/aromatic N) is 2. The monoisotopic (exact) mass is 271 g/mol. The average Bonchev–Trinajstić information content (AvgIpc) is 2.85. The molecule has 2 aromatic rings. The number of imidazole rings is 1. The van der Waals surface area contributed by atoms with Crippen LogP contribution in [0.15, 0.2) is 30.7 Å². The van der Waals surface area contributed by atoms with Crippen molar-refractivity contribution < 1.29 is 0 Å². The molecule has 1 unspecified atom stereocenters. The number of rotatable bonds is 6. The topological polar surface area (TPSA) is 29.9 Å². The van der Waals surface area contributed by atoms with Crippen molar-refractivity contribution in [1.82, 2.24) is 14.9 Å². The molecule has 0 fully saturated rings. The van der Waals surface area contributed by atoms with Crippen LogP contribution in [0.2, 0.25) is 0 Å². The summed E-state index contributed by atoms with van der Waals surface area (Å²) >= 11 is 0. The first-order chi connectivity index (χ1) is 9.60. The molecule has 2 rings (SSSR count). The van der Waals surface area contributed by atoms with Gasteiger partial charge in [0.25, 0.3) is 0 Å². The van der Waals surface area contributed by atoms with E-state index in [2.05, 4.69) is 55.5 Å². The Labute approximate surface area is 122 Å². The normalized spacial score (nSPS) is 12.6. The fourth-order valence-corrected chi connectivity index (χ4v) is 2.45. The van der Waals surface area contributed by atoms with Crippen LogP contribution in [-0.2, 0) is 13.5 Å². The zero-order valence-corrected chi connectivity index (χ0v) is 13.0. The van der Waals surface area contributed by atoms with Gasteiger partial charge in [-0.05, 0) is 44.4 Å². The number of aryl methyl sites for hydroxylation is 3. The minimum Gasteiger partial charge on any atom is -0.340 e. The molecular formula is C17H25N3. The van der Waals surface area contributed by atoms with E-state index in [1.54, 1.807) is 0 Å². The molecule has 1 aromatic carbocycles. The molecule has 1 aromatic heterocycles. The molecule has 0 radical (unpaired) electrons. The lowest BCUT2D eigenvalue weighted by molar-refractivity contribution is 0.518. The maximum atomic E-state index is 4.52. The second-order valence-electron chi connectivity index (χ2n) is 5.60. The molecule has 108 valence electrons. The highest BCUT2D eigenvalue weighted by molar-refractivity contribution is 5.31. The molecule has 0 bridgehead atoms. The maximum absolute atomic E-state index is 4.52. The van der Waals surface area contributed by atoms with E-state index in [0.29, 0.717) is 0 Å². The number of hydrogen-bond acceptors (Lipinski definition) is 2. The van der Waals surface area contributed by atoms with Gasteiger partial charge in [0.1, 0.15) is 0 Å². The Balaban J connectivity index is 2.21. The molecule has 3 nitrogen and oxygen atoms in total. The fourth-order valence-electron chi connectivity index (χ4n) is 2.45. The maximum Gasteiger partial charge on any atom is 0.0947 e. The van der Waals surface area contributed by atoms with Gasteiger partial charge in [0.2, 0.25) is 0 Å². The quantitative estimate of drug-likeness (QED) is 0.873. The Kier molecular flexibility index (Phi) is 4.96. The van der Waals surface area contributed by atoms with Crippen LogP contribution in [-0.4, -0.2) is 16.1 Å². The van der Waals surface area contributed by atoms with Crippen LogP contribution in [0.3, 0.4) is 0 Å². The second kappa shape index (κ2) is 6.71. The molecule has 20 heavy (non-hydrogen) atoms. The Morgan fingerprint density at radius 3 is 2.75 bits per heavy atom. The van der Waals surface area contributed by atoms with Crippen molar-refractivity contribution >= 4 is 0 Å². The average molecular weight is 271 g/mol. The largest absolute Gasteiger partial charge is 0.340 e. The van der Waals surface area contributed by atoms with Gasteiger partial charge in [-0.2, -0.15) is 0 Å². The standard InChI is InChI=1S/C17H25N3/c1-5-8-18-16(17-11-20(4)12-19-17)10-15-9-13(2)6-7-14(15)3/h6-7,9,11-12,16,18H,5,8,10H2,1-4H3. The van der Waals surface area contributed by atoms with Crippen LogP contribution in [0.5, 0.6) is 0 Å². The third-order valence-corrected chi connectivity index (χ3v) is 3.65. The number of benzene rings is 1. The van der Waals surface area contributed by atoms with E-state index in [0.717, 1.165) is 25.1 Å². The second-order valence-corrected chi connectivity index (χ2v) is 5.60. The van der Waals surface area contributed by atoms with Crippen molar-refractivity contribution in [3.8, 4) is 0 Å². The molecular weight excluding hydrogens is 246 g/mol. The van der Waals surface area contributed by atoms with Crippen molar-refractivity contribution in [3.63, 3.8) is 0 Å². The van der Waals surface area contributed by atoms with E-state index in [1.807, 2.05) is 17.9 Å². The summed E-state index contributed by atoms with van der Waals surface area (Å²) in [6.07, 6.45) is 6.11. The Morgan fingerprint density at radius 2 is 2.10 bits per heavy atom. The molecule has 1 N–H and O–H groups in total. The summed E-state index contributed by atoms with van der Waals surface area (Å²) in [5.74, 6) is 0. The van der Waals surface area contributed by atoms with Crippen molar-refractivity contribution in [2.24, 2.45) is 7.05 Å². The zero-order chi connectivity index (χ0) is 14.5. The van der Waals surface area contributed by atoms with E-state index in [1.165, 1.54) is 16.7 Å². The molecule has 0 aliphatic carbocycles. The summed E-state index contributed by atoms with van der Waals surface area (Å²) < 4.78 is 2.01. The lowest BCUT2D eigenvalue weighted by Gasteiger charge is -2.18. The number of hydrogen-bond donors (Lipinski definition) is 1. The van der Waals surface area contributed by atoms with Gasteiger partial charge in [-0.1, -0.05) is 30.7 Å². The number of nitrogens with one attached hydrogen (secondary N) is 1. The van der Waals surface area contributed by atoms with Crippen molar-refractivity contribution in [2.45, 2.75) is 39.7 Å². The van der Waals surface area contributed by atoms with E-state index < -0.39 is 0 Å². The van der Waals surface area contributed by atoms with Gasteiger partial charge in [-0.25, -0.2) is 4.98 Å². The number of aromatic nitrogens is 2. The van der Waals surface area contributed by atoms with Gasteiger partial charge in [0.05, 0.1) is 18.1 Å². The summed E-state index contributed by atoms with van der Waals surface area (Å²) in [6.45, 7) is 7.55. The lowest BCUT2D eigenvalue weighted by Crippen LogP contribution is -2.24. The van der Waals surface area contributed by atoms with Gasteiger partial charge in [-0.3, -0.25) is 0 Å². The van der Waals surface area contributed by atoms with Gasteiger partial charge in [0, 0.05) is 13.2 Å². The van der Waals surface area contributed by atoms with Crippen LogP contribution in [0.1, 0.15) is 41.8 Å². The van der Waals surface area contributed by atoms with Crippen LogP contribution in [0.25, 0.3) is 0 Å². The summed E-state index contributed by atoms with van der Waals surface area (Å²) in [5.41, 5.74) is 5.21. The fraction of sp³-hybridized carbons (Fsp3) is 0.471. The Hall–Kier alpha value is -1.61. The third-order valence-electron chi connectivity index (χ3n) is 3.65. The van der Waals surface area contributed by atoms with E-state index >= 15 is 0 Å². The van der Waals surface area contributed by atoms with Gasteiger partial charge < -0.3 is 9.88 Å². The molecule has 3 heteroatoms. The minimum atomic E-state index is 0.289. The van der Waals surface area contributed by atoms with Gasteiger partial charge in [-0.15, -0.1) is 0 Å². The molecule has 1 heterocycles. The summed E-state index contributed by atoms with van der Waals surface area (Å²) in [7, 11) is 2.02. The Bertz CT molecular complexity index is 557.